The van der Waals surface area contributed by atoms with Gasteiger partial charge in [-0.1, -0.05) is 97.1 Å². The Balaban J connectivity index is 0.000000152. The second-order valence-corrected chi connectivity index (χ2v) is 11.4. The normalized spacial score (nSPS) is 10.9. The van der Waals surface area contributed by atoms with E-state index in [1.54, 1.807) is 0 Å². The molecule has 3 aromatic heterocycles. The van der Waals surface area contributed by atoms with Gasteiger partial charge in [-0.05, 0) is 64.2 Å². The van der Waals surface area contributed by atoms with Crippen LogP contribution in [0, 0.1) is 13.0 Å². The molecule has 0 aliphatic rings. The van der Waals surface area contributed by atoms with Crippen LogP contribution in [0.2, 0.25) is 0 Å². The molecule has 0 spiro atoms. The average molecular weight is 794 g/mol. The van der Waals surface area contributed by atoms with Crippen LogP contribution in [0.15, 0.2) is 158 Å². The minimum atomic E-state index is 0. The second kappa shape index (κ2) is 13.6. The number of pyridine rings is 2. The van der Waals surface area contributed by atoms with Crippen LogP contribution in [0.4, 0.5) is 0 Å². The van der Waals surface area contributed by atoms with Crippen molar-refractivity contribution in [1.82, 2.24) is 19.9 Å². The molecule has 231 valence electrons. The van der Waals surface area contributed by atoms with Gasteiger partial charge < -0.3 is 0 Å². The van der Waals surface area contributed by atoms with E-state index in [9.17, 15) is 0 Å². The van der Waals surface area contributed by atoms with Crippen molar-refractivity contribution >= 4 is 43.6 Å². The van der Waals surface area contributed by atoms with E-state index in [4.69, 9.17) is 9.97 Å². The van der Waals surface area contributed by atoms with Gasteiger partial charge in [0.1, 0.15) is 0 Å². The Bertz CT molecular complexity index is 2420. The molecule has 9 rings (SSSR count). The fraction of sp³-hybridized carbons (Fsp3) is 0.0233. The van der Waals surface area contributed by atoms with Crippen molar-refractivity contribution in [3.05, 3.63) is 170 Å². The molecule has 0 atom stereocenters. The van der Waals surface area contributed by atoms with Crippen molar-refractivity contribution in [2.24, 2.45) is 0 Å². The summed E-state index contributed by atoms with van der Waals surface area (Å²) in [5, 5.41) is 4.64. The molecule has 0 bridgehead atoms. The molecule has 0 fully saturated rings. The van der Waals surface area contributed by atoms with Crippen LogP contribution in [0.25, 0.3) is 77.1 Å². The number of aromatic nitrogens is 4. The average Bonchev–Trinajstić information content (AvgIpc) is 3.14. The number of hydrogen-bond donors (Lipinski definition) is 0. The summed E-state index contributed by atoms with van der Waals surface area (Å²) in [6.45, 7) is 2.00. The Hall–Kier alpha value is -5.61. The minimum Gasteiger partial charge on any atom is -0.293 e. The molecular formula is C43H29IrN4-. The first-order chi connectivity index (χ1) is 23.2. The molecule has 1 radical (unpaired) electrons. The first-order valence-corrected chi connectivity index (χ1v) is 15.6. The maximum atomic E-state index is 4.80. The van der Waals surface area contributed by atoms with Gasteiger partial charge in [0, 0.05) is 54.7 Å². The number of benzene rings is 6. The van der Waals surface area contributed by atoms with E-state index >= 15 is 0 Å². The van der Waals surface area contributed by atoms with Crippen LogP contribution in [-0.4, -0.2) is 19.9 Å². The molecule has 0 aliphatic heterocycles. The van der Waals surface area contributed by atoms with Gasteiger partial charge in [-0.2, -0.15) is 0 Å². The van der Waals surface area contributed by atoms with Gasteiger partial charge in [0.2, 0.25) is 0 Å². The maximum Gasteiger partial charge on any atom is 0.0970 e. The molecule has 9 aromatic rings. The van der Waals surface area contributed by atoms with E-state index in [2.05, 4.69) is 113 Å². The second-order valence-electron chi connectivity index (χ2n) is 11.4. The Morgan fingerprint density at radius 2 is 1.00 bits per heavy atom. The summed E-state index contributed by atoms with van der Waals surface area (Å²) < 4.78 is 0. The summed E-state index contributed by atoms with van der Waals surface area (Å²) in [6.07, 6.45) is 3.75. The van der Waals surface area contributed by atoms with E-state index in [0.29, 0.717) is 0 Å². The molecule has 0 amide bonds. The molecule has 0 saturated carbocycles. The molecule has 6 aromatic carbocycles. The summed E-state index contributed by atoms with van der Waals surface area (Å²) in [5.41, 5.74) is 11.3. The van der Waals surface area contributed by atoms with Crippen LogP contribution < -0.4 is 0 Å². The van der Waals surface area contributed by atoms with Crippen molar-refractivity contribution in [1.29, 1.82) is 0 Å². The van der Waals surface area contributed by atoms with E-state index in [1.807, 2.05) is 67.8 Å². The van der Waals surface area contributed by atoms with E-state index in [0.717, 1.165) is 49.8 Å². The molecule has 3 heterocycles. The number of rotatable bonds is 3. The van der Waals surface area contributed by atoms with Crippen molar-refractivity contribution in [2.45, 2.75) is 6.92 Å². The summed E-state index contributed by atoms with van der Waals surface area (Å²) in [4.78, 5) is 18.9. The van der Waals surface area contributed by atoms with Crippen LogP contribution in [0.5, 0.6) is 0 Å². The largest absolute Gasteiger partial charge is 0.293 e. The van der Waals surface area contributed by atoms with Crippen LogP contribution in [0.3, 0.4) is 0 Å². The Kier molecular flexibility index (Phi) is 8.80. The Morgan fingerprint density at radius 3 is 1.52 bits per heavy atom. The fourth-order valence-electron chi connectivity index (χ4n) is 6.19. The van der Waals surface area contributed by atoms with Crippen LogP contribution >= 0.6 is 0 Å². The molecule has 0 unspecified atom stereocenters. The number of hydrogen-bond acceptors (Lipinski definition) is 4. The summed E-state index contributed by atoms with van der Waals surface area (Å²) in [5.74, 6) is 0. The molecule has 4 nitrogen and oxygen atoms in total. The van der Waals surface area contributed by atoms with Crippen molar-refractivity contribution in [2.75, 3.05) is 0 Å². The predicted octanol–water partition coefficient (Wildman–Crippen LogP) is 10.7. The number of nitrogens with zero attached hydrogens (tertiary/aromatic N) is 4. The zero-order valence-corrected chi connectivity index (χ0v) is 28.5. The van der Waals surface area contributed by atoms with Gasteiger partial charge in [-0.3, -0.25) is 19.9 Å². The SMILES string of the molecule is Cc1nc2cc3ccccc3cc2nc1-c1[c-]cccc1.[Ir].c1ccc(-c2ccnc3c2ccc2c(-c4ccccc4)ccnc23)cc1. The van der Waals surface area contributed by atoms with Gasteiger partial charge in [-0.25, -0.2) is 0 Å². The van der Waals surface area contributed by atoms with Crippen molar-refractivity contribution < 1.29 is 20.1 Å². The molecule has 0 saturated heterocycles. The predicted molar refractivity (Wildman–Crippen MR) is 194 cm³/mol. The van der Waals surface area contributed by atoms with E-state index < -0.39 is 0 Å². The zero-order valence-electron chi connectivity index (χ0n) is 26.1. The van der Waals surface area contributed by atoms with E-state index in [-0.39, 0.29) is 20.1 Å². The first-order valence-electron chi connectivity index (χ1n) is 15.6. The van der Waals surface area contributed by atoms with Gasteiger partial charge in [0.25, 0.3) is 0 Å². The maximum absolute atomic E-state index is 4.80. The van der Waals surface area contributed by atoms with Crippen LogP contribution in [-0.2, 0) is 20.1 Å². The molecule has 48 heavy (non-hydrogen) atoms. The quantitative estimate of drug-likeness (QED) is 0.102. The van der Waals surface area contributed by atoms with Gasteiger partial charge in [-0.15, -0.1) is 35.9 Å². The molecule has 0 aliphatic carbocycles. The van der Waals surface area contributed by atoms with Crippen molar-refractivity contribution in [3.63, 3.8) is 0 Å². The third kappa shape index (κ3) is 5.98. The third-order valence-corrected chi connectivity index (χ3v) is 8.46. The third-order valence-electron chi connectivity index (χ3n) is 8.46. The zero-order chi connectivity index (χ0) is 31.6. The van der Waals surface area contributed by atoms with Gasteiger partial charge in [0.05, 0.1) is 22.1 Å². The van der Waals surface area contributed by atoms with Gasteiger partial charge >= 0.3 is 0 Å². The van der Waals surface area contributed by atoms with Crippen molar-refractivity contribution in [3.8, 4) is 33.5 Å². The molecule has 0 N–H and O–H groups in total. The smallest absolute Gasteiger partial charge is 0.0970 e. The fourth-order valence-corrected chi connectivity index (χ4v) is 6.19. The molecule has 5 heteroatoms. The standard InChI is InChI=1S/C24H16N2.C19H13N2.Ir/c1-3-7-17(8-4-1)19-13-15-25-23-21(19)11-12-22-20(14-16-26-24(22)23)18-9-5-2-6-10-18;1-13-19(14-7-3-2-4-8-14)21-18-12-16-10-6-5-9-15(16)11-17(18)20-13;/h1-16H;2-7,9-12H,1H3;/q;-1;. The molecular weight excluding hydrogens is 765 g/mol. The summed E-state index contributed by atoms with van der Waals surface area (Å²) in [6, 6.07) is 52.9. The van der Waals surface area contributed by atoms with Crippen LogP contribution in [0.1, 0.15) is 5.69 Å². The summed E-state index contributed by atoms with van der Waals surface area (Å²) >= 11 is 0. The summed E-state index contributed by atoms with van der Waals surface area (Å²) in [7, 11) is 0. The van der Waals surface area contributed by atoms with E-state index in [1.165, 1.54) is 33.0 Å². The Labute approximate surface area is 292 Å². The number of aryl methyl sites for hydroxylation is 1. The first kappa shape index (κ1) is 31.0. The minimum absolute atomic E-state index is 0. The van der Waals surface area contributed by atoms with Gasteiger partial charge in [0.15, 0.2) is 0 Å². The topological polar surface area (TPSA) is 51.6 Å². The Morgan fingerprint density at radius 1 is 0.500 bits per heavy atom. The number of fused-ring (bicyclic) bond motifs is 5. The monoisotopic (exact) mass is 794 g/mol.